The summed E-state index contributed by atoms with van der Waals surface area (Å²) in [6.07, 6.45) is -0.263. The largest absolute Gasteiger partial charge is 0.495 e. The Kier molecular flexibility index (Phi) is 6.66. The Morgan fingerprint density at radius 3 is 2.42 bits per heavy atom. The lowest BCUT2D eigenvalue weighted by Crippen LogP contribution is -2.42. The molecule has 0 saturated carbocycles. The van der Waals surface area contributed by atoms with Gasteiger partial charge in [-0.1, -0.05) is 24.3 Å². The second-order valence-electron chi connectivity index (χ2n) is 7.48. The van der Waals surface area contributed by atoms with Gasteiger partial charge in [-0.3, -0.25) is 4.79 Å². The van der Waals surface area contributed by atoms with Gasteiger partial charge in [0, 0.05) is 27.2 Å². The lowest BCUT2D eigenvalue weighted by atomic mass is 9.99. The van der Waals surface area contributed by atoms with Crippen LogP contribution in [0.4, 0.5) is 0 Å². The van der Waals surface area contributed by atoms with Crippen LogP contribution in [0.2, 0.25) is 0 Å². The number of esters is 1. The first-order valence-electron chi connectivity index (χ1n) is 9.82. The molecule has 0 aliphatic carbocycles. The quantitative estimate of drug-likeness (QED) is 0.631. The summed E-state index contributed by atoms with van der Waals surface area (Å²) >= 11 is 0. The van der Waals surface area contributed by atoms with Gasteiger partial charge in [-0.15, -0.1) is 0 Å². The summed E-state index contributed by atoms with van der Waals surface area (Å²) in [6, 6.07) is 11.9. The number of methoxy groups -OCH3 is 1. The lowest BCUT2D eigenvalue weighted by Gasteiger charge is -2.30. The predicted molar refractivity (Wildman–Crippen MR) is 114 cm³/mol. The molecular weight excluding hydrogens is 420 g/mol. The molecule has 1 amide bonds. The average molecular weight is 447 g/mol. The third-order valence-corrected chi connectivity index (χ3v) is 7.07. The van der Waals surface area contributed by atoms with E-state index in [1.807, 2.05) is 24.3 Å². The van der Waals surface area contributed by atoms with Gasteiger partial charge in [-0.05, 0) is 42.7 Å². The Hall–Kier alpha value is -2.91. The summed E-state index contributed by atoms with van der Waals surface area (Å²) in [5, 5.41) is 0. The molecule has 0 spiro atoms. The number of fused-ring (bicyclic) bond motifs is 1. The molecule has 2 aromatic carbocycles. The van der Waals surface area contributed by atoms with Crippen molar-refractivity contribution in [3.8, 4) is 5.75 Å². The highest BCUT2D eigenvalue weighted by molar-refractivity contribution is 7.89. The summed E-state index contributed by atoms with van der Waals surface area (Å²) < 4.78 is 36.6. The van der Waals surface area contributed by atoms with Crippen molar-refractivity contribution in [2.45, 2.75) is 30.9 Å². The van der Waals surface area contributed by atoms with Gasteiger partial charge in [0.05, 0.1) is 12.7 Å². The van der Waals surface area contributed by atoms with Crippen molar-refractivity contribution in [1.82, 2.24) is 9.21 Å². The molecule has 0 radical (unpaired) electrons. The Bertz CT molecular complexity index is 1100. The monoisotopic (exact) mass is 446 g/mol. The highest BCUT2D eigenvalue weighted by Gasteiger charge is 2.29. The number of benzene rings is 2. The second-order valence-corrected chi connectivity index (χ2v) is 9.60. The zero-order valence-corrected chi connectivity index (χ0v) is 18.8. The molecule has 31 heavy (non-hydrogen) atoms. The molecule has 1 aliphatic heterocycles. The molecule has 3 rings (SSSR count). The molecule has 0 bridgehead atoms. The number of carbonyl (C=O) groups is 2. The Balaban J connectivity index is 1.75. The maximum Gasteiger partial charge on any atom is 0.338 e. The van der Waals surface area contributed by atoms with E-state index in [0.717, 1.165) is 16.3 Å². The number of hydrogen-bond donors (Lipinski definition) is 0. The van der Waals surface area contributed by atoms with Crippen molar-refractivity contribution in [2.75, 3.05) is 27.7 Å². The molecule has 2 aromatic rings. The van der Waals surface area contributed by atoms with Crippen molar-refractivity contribution in [2.24, 2.45) is 0 Å². The summed E-state index contributed by atoms with van der Waals surface area (Å²) in [5.41, 5.74) is 2.31. The van der Waals surface area contributed by atoms with Crippen LogP contribution in [0.1, 0.15) is 28.4 Å². The zero-order valence-electron chi connectivity index (χ0n) is 18.0. The zero-order chi connectivity index (χ0) is 22.8. The van der Waals surface area contributed by atoms with E-state index in [1.54, 1.807) is 4.90 Å². The lowest BCUT2D eigenvalue weighted by molar-refractivity contribution is -0.140. The first-order chi connectivity index (χ1) is 14.6. The topological polar surface area (TPSA) is 93.2 Å². The maximum absolute atomic E-state index is 12.8. The summed E-state index contributed by atoms with van der Waals surface area (Å²) in [6.45, 7) is 2.53. The van der Waals surface area contributed by atoms with Gasteiger partial charge in [-0.25, -0.2) is 17.5 Å². The van der Waals surface area contributed by atoms with Crippen LogP contribution < -0.4 is 4.74 Å². The minimum Gasteiger partial charge on any atom is -0.495 e. The fraction of sp³-hybridized carbons (Fsp3) is 0.364. The van der Waals surface area contributed by atoms with Crippen molar-refractivity contribution in [3.05, 3.63) is 59.2 Å². The van der Waals surface area contributed by atoms with E-state index in [-0.39, 0.29) is 22.1 Å². The van der Waals surface area contributed by atoms with E-state index in [2.05, 4.69) is 0 Å². The first-order valence-corrected chi connectivity index (χ1v) is 11.3. The Morgan fingerprint density at radius 2 is 1.77 bits per heavy atom. The number of ether oxygens (including phenoxy) is 2. The third-order valence-electron chi connectivity index (χ3n) is 5.23. The highest BCUT2D eigenvalue weighted by Crippen LogP contribution is 2.27. The number of nitrogens with zero attached hydrogens (tertiary/aromatic N) is 2. The Morgan fingerprint density at radius 1 is 1.10 bits per heavy atom. The highest BCUT2D eigenvalue weighted by atomic mass is 32.2. The van der Waals surface area contributed by atoms with Crippen molar-refractivity contribution in [3.63, 3.8) is 0 Å². The van der Waals surface area contributed by atoms with Crippen LogP contribution in [-0.2, 0) is 32.5 Å². The molecule has 166 valence electrons. The average Bonchev–Trinajstić information content (AvgIpc) is 2.77. The normalized spacial score (nSPS) is 14.7. The van der Waals surface area contributed by atoms with Crippen molar-refractivity contribution in [1.29, 1.82) is 0 Å². The van der Waals surface area contributed by atoms with Gasteiger partial charge in [0.1, 0.15) is 10.6 Å². The third kappa shape index (κ3) is 4.72. The van der Waals surface area contributed by atoms with Gasteiger partial charge >= 0.3 is 5.97 Å². The van der Waals surface area contributed by atoms with Crippen LogP contribution in [0.3, 0.4) is 0 Å². The molecule has 0 saturated heterocycles. The van der Waals surface area contributed by atoms with Crippen LogP contribution in [0, 0.1) is 0 Å². The van der Waals surface area contributed by atoms with Crippen molar-refractivity contribution >= 4 is 21.9 Å². The number of rotatable bonds is 6. The van der Waals surface area contributed by atoms with Crippen LogP contribution >= 0.6 is 0 Å². The van der Waals surface area contributed by atoms with Gasteiger partial charge in [-0.2, -0.15) is 0 Å². The minimum atomic E-state index is -3.84. The summed E-state index contributed by atoms with van der Waals surface area (Å²) in [5.74, 6) is -0.963. The smallest absolute Gasteiger partial charge is 0.338 e. The van der Waals surface area contributed by atoms with Crippen LogP contribution in [0.5, 0.6) is 5.75 Å². The maximum atomic E-state index is 12.8. The molecule has 0 fully saturated rings. The number of hydrogen-bond acceptors (Lipinski definition) is 6. The molecule has 8 nitrogen and oxygen atoms in total. The standard InChI is InChI=1S/C22H26N2O6S/c1-15(21(25)24-12-11-16-7-5-6-8-18(16)14-24)30-22(26)17-9-10-19(29-4)20(13-17)31(27,28)23(2)3/h5-10,13,15H,11-12,14H2,1-4H3/t15-/m1/s1. The Labute approximate surface area is 182 Å². The van der Waals surface area contributed by atoms with Crippen LogP contribution in [0.25, 0.3) is 0 Å². The molecule has 9 heteroatoms. The SMILES string of the molecule is COc1ccc(C(=O)O[C@H](C)C(=O)N2CCc3ccccc3C2)cc1S(=O)(=O)N(C)C. The van der Waals surface area contributed by atoms with E-state index in [4.69, 9.17) is 9.47 Å². The molecule has 0 unspecified atom stereocenters. The van der Waals surface area contributed by atoms with E-state index < -0.39 is 22.1 Å². The van der Waals surface area contributed by atoms with E-state index >= 15 is 0 Å². The number of carbonyl (C=O) groups excluding carboxylic acids is 2. The molecule has 0 aromatic heterocycles. The minimum absolute atomic E-state index is 0.0184. The number of sulfonamides is 1. The summed E-state index contributed by atoms with van der Waals surface area (Å²) in [4.78, 5) is 27.0. The first kappa shape index (κ1) is 22.8. The fourth-order valence-corrected chi connectivity index (χ4v) is 4.50. The van der Waals surface area contributed by atoms with E-state index in [1.165, 1.54) is 51.9 Å². The molecule has 1 aliphatic rings. The van der Waals surface area contributed by atoms with Crippen LogP contribution in [-0.4, -0.2) is 63.4 Å². The van der Waals surface area contributed by atoms with E-state index in [0.29, 0.717) is 13.1 Å². The van der Waals surface area contributed by atoms with Gasteiger partial charge in [0.25, 0.3) is 5.91 Å². The van der Waals surface area contributed by atoms with Gasteiger partial charge in [0.15, 0.2) is 6.10 Å². The van der Waals surface area contributed by atoms with Gasteiger partial charge < -0.3 is 14.4 Å². The molecule has 1 heterocycles. The molecule has 0 N–H and O–H groups in total. The summed E-state index contributed by atoms with van der Waals surface area (Å²) in [7, 11) is 0.278. The number of amides is 1. The second kappa shape index (κ2) is 9.07. The molecule has 1 atom stereocenters. The molecular formula is C22H26N2O6S. The van der Waals surface area contributed by atoms with Gasteiger partial charge in [0.2, 0.25) is 10.0 Å². The predicted octanol–water partition coefficient (Wildman–Crippen LogP) is 2.08. The fourth-order valence-electron chi connectivity index (χ4n) is 3.42. The van der Waals surface area contributed by atoms with E-state index in [9.17, 15) is 18.0 Å². The van der Waals surface area contributed by atoms with Crippen LogP contribution in [0.15, 0.2) is 47.4 Å². The van der Waals surface area contributed by atoms with Crippen molar-refractivity contribution < 1.29 is 27.5 Å².